The normalized spacial score (nSPS) is 10.3. The third-order valence-electron chi connectivity index (χ3n) is 5.66. The average molecular weight is 495 g/mol. The molecule has 0 aliphatic carbocycles. The number of anilines is 1. The Morgan fingerprint density at radius 3 is 2.46 bits per heavy atom. The van der Waals surface area contributed by atoms with Gasteiger partial charge in [0.05, 0.1) is 32.0 Å². The zero-order valence-corrected chi connectivity index (χ0v) is 20.8. The second-order valence-electron chi connectivity index (χ2n) is 8.18. The summed E-state index contributed by atoms with van der Waals surface area (Å²) in [5, 5.41) is 7.48. The highest BCUT2D eigenvalue weighted by atomic mass is 16.5. The van der Waals surface area contributed by atoms with Crippen molar-refractivity contribution in [1.29, 1.82) is 0 Å². The molecule has 8 heteroatoms. The number of ether oxygens (including phenoxy) is 2. The summed E-state index contributed by atoms with van der Waals surface area (Å²) < 4.78 is 12.4. The fourth-order valence-corrected chi connectivity index (χ4v) is 3.82. The number of amides is 2. The molecule has 1 N–H and O–H groups in total. The van der Waals surface area contributed by atoms with Crippen molar-refractivity contribution in [2.45, 2.75) is 0 Å². The first kappa shape index (κ1) is 25.1. The number of methoxy groups -OCH3 is 2. The van der Waals surface area contributed by atoms with Gasteiger partial charge in [0.2, 0.25) is 5.91 Å². The van der Waals surface area contributed by atoms with Gasteiger partial charge in [0, 0.05) is 30.1 Å². The smallest absolute Gasteiger partial charge is 0.257 e. The third-order valence-corrected chi connectivity index (χ3v) is 5.66. The van der Waals surface area contributed by atoms with Crippen molar-refractivity contribution in [3.05, 3.63) is 90.1 Å². The van der Waals surface area contributed by atoms with Gasteiger partial charge in [0.15, 0.2) is 11.5 Å². The molecule has 37 heavy (non-hydrogen) atoms. The van der Waals surface area contributed by atoms with Crippen molar-refractivity contribution in [2.75, 3.05) is 33.1 Å². The number of hydrogen-bond acceptors (Lipinski definition) is 5. The predicted molar refractivity (Wildman–Crippen MR) is 142 cm³/mol. The molecule has 2 amide bonds. The van der Waals surface area contributed by atoms with Crippen molar-refractivity contribution in [3.63, 3.8) is 0 Å². The summed E-state index contributed by atoms with van der Waals surface area (Å²) >= 11 is 0. The number of carbonyl (C=O) groups is 2. The minimum atomic E-state index is -0.362. The van der Waals surface area contributed by atoms with Gasteiger partial charge in [-0.15, -0.1) is 6.42 Å². The van der Waals surface area contributed by atoms with Gasteiger partial charge in [-0.05, 0) is 48.5 Å². The summed E-state index contributed by atoms with van der Waals surface area (Å²) in [5.74, 6) is 2.89. The largest absolute Gasteiger partial charge is 0.493 e. The molecule has 1 heterocycles. The van der Waals surface area contributed by atoms with Gasteiger partial charge in [-0.2, -0.15) is 5.10 Å². The van der Waals surface area contributed by atoms with Crippen LogP contribution in [0.3, 0.4) is 0 Å². The third kappa shape index (κ3) is 5.63. The Hall–Kier alpha value is -5.03. The Labute approximate surface area is 215 Å². The molecule has 0 fully saturated rings. The lowest BCUT2D eigenvalue weighted by atomic mass is 10.1. The molecule has 186 valence electrons. The van der Waals surface area contributed by atoms with Crippen LogP contribution in [-0.4, -0.2) is 54.3 Å². The fourth-order valence-electron chi connectivity index (χ4n) is 3.82. The number of nitrogens with zero attached hydrogens (tertiary/aromatic N) is 3. The van der Waals surface area contributed by atoms with E-state index in [1.807, 2.05) is 30.3 Å². The van der Waals surface area contributed by atoms with Crippen molar-refractivity contribution in [3.8, 4) is 40.8 Å². The number of rotatable bonds is 8. The maximum atomic E-state index is 13.6. The highest BCUT2D eigenvalue weighted by Gasteiger charge is 2.24. The quantitative estimate of drug-likeness (QED) is 0.370. The van der Waals surface area contributed by atoms with Crippen LogP contribution in [0.4, 0.5) is 5.69 Å². The van der Waals surface area contributed by atoms with Crippen LogP contribution in [-0.2, 0) is 4.79 Å². The minimum absolute atomic E-state index is 0.166. The van der Waals surface area contributed by atoms with Crippen molar-refractivity contribution in [2.24, 2.45) is 0 Å². The van der Waals surface area contributed by atoms with Gasteiger partial charge in [-0.3, -0.25) is 9.59 Å². The van der Waals surface area contributed by atoms with Gasteiger partial charge < -0.3 is 19.7 Å². The molecule has 3 aromatic carbocycles. The van der Waals surface area contributed by atoms with Crippen LogP contribution in [0.1, 0.15) is 15.9 Å². The molecule has 0 aliphatic heterocycles. The highest BCUT2D eigenvalue weighted by Crippen LogP contribution is 2.33. The number of terminal acetylenes is 1. The molecule has 4 aromatic rings. The van der Waals surface area contributed by atoms with Crippen LogP contribution < -0.4 is 14.8 Å². The number of benzene rings is 3. The van der Waals surface area contributed by atoms with E-state index < -0.39 is 0 Å². The van der Waals surface area contributed by atoms with E-state index in [0.717, 1.165) is 5.69 Å². The second-order valence-corrected chi connectivity index (χ2v) is 8.18. The van der Waals surface area contributed by atoms with E-state index in [-0.39, 0.29) is 18.4 Å². The molecule has 8 nitrogen and oxygen atoms in total. The topological polar surface area (TPSA) is 85.7 Å². The van der Waals surface area contributed by atoms with Crippen LogP contribution >= 0.6 is 0 Å². The summed E-state index contributed by atoms with van der Waals surface area (Å²) in [6, 6.07) is 21.7. The molecular formula is C29H26N4O4. The predicted octanol–water partition coefficient (Wildman–Crippen LogP) is 4.25. The summed E-state index contributed by atoms with van der Waals surface area (Å²) in [4.78, 5) is 27.6. The van der Waals surface area contributed by atoms with E-state index in [2.05, 4.69) is 11.2 Å². The summed E-state index contributed by atoms with van der Waals surface area (Å²) in [6.45, 7) is -0.166. The molecule has 0 aliphatic rings. The van der Waals surface area contributed by atoms with Crippen molar-refractivity contribution in [1.82, 2.24) is 14.7 Å². The first-order chi connectivity index (χ1) is 17.9. The molecular weight excluding hydrogens is 468 g/mol. The molecule has 0 unspecified atom stereocenters. The van der Waals surface area contributed by atoms with E-state index in [4.69, 9.17) is 21.0 Å². The maximum Gasteiger partial charge on any atom is 0.257 e. The van der Waals surface area contributed by atoms with Crippen LogP contribution in [0.15, 0.2) is 79.0 Å². The van der Waals surface area contributed by atoms with Crippen molar-refractivity contribution >= 4 is 17.5 Å². The SMILES string of the molecule is C#Cc1cccc(NC(=O)CN(C)C(=O)c2cn(-c3ccccc3)nc2-c2ccc(OC)c(OC)c2)c1. The molecule has 0 saturated heterocycles. The van der Waals surface area contributed by atoms with Gasteiger partial charge >= 0.3 is 0 Å². The lowest BCUT2D eigenvalue weighted by Gasteiger charge is -2.17. The van der Waals surface area contributed by atoms with E-state index in [1.54, 1.807) is 74.6 Å². The molecule has 4 rings (SSSR count). The Kier molecular flexibility index (Phi) is 7.55. The van der Waals surface area contributed by atoms with E-state index in [1.165, 1.54) is 4.90 Å². The molecule has 0 saturated carbocycles. The lowest BCUT2D eigenvalue weighted by Crippen LogP contribution is -2.35. The highest BCUT2D eigenvalue weighted by molar-refractivity contribution is 6.02. The zero-order chi connectivity index (χ0) is 26.4. The molecule has 1 aromatic heterocycles. The minimum Gasteiger partial charge on any atom is -0.493 e. The standard InChI is InChI=1S/C29H26N4O4/c1-5-20-10-9-11-22(16-20)30-27(34)19-32(2)29(35)24-18-33(23-12-7-6-8-13-23)31-28(24)21-14-15-25(36-3)26(17-21)37-4/h1,6-18H,19H2,2-4H3,(H,30,34). The first-order valence-corrected chi connectivity index (χ1v) is 11.4. The van der Waals surface area contributed by atoms with E-state index >= 15 is 0 Å². The number of para-hydroxylation sites is 1. The number of nitrogens with one attached hydrogen (secondary N) is 1. The maximum absolute atomic E-state index is 13.6. The summed E-state index contributed by atoms with van der Waals surface area (Å²) in [6.07, 6.45) is 7.10. The van der Waals surface area contributed by atoms with E-state index in [0.29, 0.717) is 39.6 Å². The number of carbonyl (C=O) groups excluding carboxylic acids is 2. The average Bonchev–Trinajstić information content (AvgIpc) is 3.38. The van der Waals surface area contributed by atoms with Gasteiger partial charge in [-0.1, -0.05) is 30.2 Å². The van der Waals surface area contributed by atoms with Gasteiger partial charge in [0.1, 0.15) is 5.69 Å². The Morgan fingerprint density at radius 2 is 1.76 bits per heavy atom. The van der Waals surface area contributed by atoms with Gasteiger partial charge in [0.25, 0.3) is 5.91 Å². The molecule has 0 bridgehead atoms. The Morgan fingerprint density at radius 1 is 1.00 bits per heavy atom. The van der Waals surface area contributed by atoms with Crippen LogP contribution in [0.25, 0.3) is 16.9 Å². The molecule has 0 radical (unpaired) electrons. The van der Waals surface area contributed by atoms with Gasteiger partial charge in [-0.25, -0.2) is 4.68 Å². The molecule has 0 atom stereocenters. The number of hydrogen-bond donors (Lipinski definition) is 1. The monoisotopic (exact) mass is 494 g/mol. The Balaban J connectivity index is 1.64. The fraction of sp³-hybridized carbons (Fsp3) is 0.138. The second kappa shape index (κ2) is 11.1. The van der Waals surface area contributed by atoms with E-state index in [9.17, 15) is 9.59 Å². The number of likely N-dealkylation sites (N-methyl/N-ethyl adjacent to an activating group) is 1. The number of aromatic nitrogens is 2. The summed E-state index contributed by atoms with van der Waals surface area (Å²) in [5.41, 5.74) is 3.44. The van der Waals surface area contributed by atoms with Crippen LogP contribution in [0, 0.1) is 12.3 Å². The van der Waals surface area contributed by atoms with Crippen LogP contribution in [0.5, 0.6) is 11.5 Å². The van der Waals surface area contributed by atoms with Crippen molar-refractivity contribution < 1.29 is 19.1 Å². The van der Waals surface area contributed by atoms with Crippen LogP contribution in [0.2, 0.25) is 0 Å². The molecule has 0 spiro atoms. The Bertz CT molecular complexity index is 1470. The summed E-state index contributed by atoms with van der Waals surface area (Å²) in [7, 11) is 4.67. The first-order valence-electron chi connectivity index (χ1n) is 11.4. The zero-order valence-electron chi connectivity index (χ0n) is 20.8. The lowest BCUT2D eigenvalue weighted by molar-refractivity contribution is -0.116.